The number of aliphatic hydroxyl groups is 2. The number of H-pyrrole nitrogens is 1. The van der Waals surface area contributed by atoms with Crippen LogP contribution < -0.4 is 9.47 Å². The maximum absolute atomic E-state index is 11.2. The molecule has 5 aromatic rings. The number of ether oxygens (including phenoxy) is 2. The van der Waals surface area contributed by atoms with Gasteiger partial charge in [-0.25, -0.2) is 0 Å². The fraction of sp³-hybridized carbons (Fsp3) is 0.409. The van der Waals surface area contributed by atoms with Gasteiger partial charge in [0, 0.05) is 60.7 Å². The lowest BCUT2D eigenvalue weighted by molar-refractivity contribution is -0.0445. The van der Waals surface area contributed by atoms with Crippen molar-refractivity contribution in [1.82, 2.24) is 24.8 Å². The zero-order valence-corrected chi connectivity index (χ0v) is 33.9. The first-order valence-electron chi connectivity index (χ1n) is 19.6. The summed E-state index contributed by atoms with van der Waals surface area (Å²) in [5, 5.41) is 24.3. The third kappa shape index (κ3) is 10.3. The van der Waals surface area contributed by atoms with E-state index < -0.39 is 22.6 Å². The Balaban J connectivity index is 0.000000158. The molecule has 6 fully saturated rings. The minimum Gasteiger partial charge on any atom is -0.497 e. The molecule has 0 spiro atoms. The van der Waals surface area contributed by atoms with Crippen LogP contribution >= 0.6 is 0 Å². The lowest BCUT2D eigenvalue weighted by atomic mass is 9.73. The van der Waals surface area contributed by atoms with E-state index in [-0.39, 0.29) is 12.1 Å². The van der Waals surface area contributed by atoms with Crippen molar-refractivity contribution >= 4 is 32.2 Å². The number of piperidine rings is 6. The Bertz CT molecular complexity index is 2080. The number of aromatic amines is 1. The number of hydrogen-bond acceptors (Lipinski definition) is 10. The van der Waals surface area contributed by atoms with Gasteiger partial charge in [0.05, 0.1) is 37.5 Å². The standard InChI is InChI=1S/2C20H24N2O2.C4H5N.H2O4S/c2*1-3-13-12-22-9-7-14(13)10-19(22)20(23)16-6-8-21-18-5-4-15(24-2)11-17(16)18;1-2-4-5-3-1;1-5(2,3)4/h2*3-6,8,11,13-14,19-20,23H,1,7,9-10,12H2,2H3;1-5H;(H2,1,2,3,4)/t2*13-,14-,19-,20+;;/m00../s1. The molecule has 6 aliphatic rings. The first kappa shape index (κ1) is 42.9. The largest absolute Gasteiger partial charge is 0.497 e. The summed E-state index contributed by atoms with van der Waals surface area (Å²) in [6.07, 6.45) is 15.0. The SMILES string of the molecule is C=C[C@H]1CN2CC[C@H]1C[C@H]2[C@H](O)c1ccnc2ccc(OC)cc12.C=C[C@H]1CN2CC[C@H]1C[C@H]2[C@H](O)c1ccnc2ccc(OC)cc12.O=S(=O)(O)O.c1cc[nH]c1. The molecule has 4 bridgehead atoms. The van der Waals surface area contributed by atoms with Crippen molar-refractivity contribution in [2.45, 2.75) is 50.0 Å². The van der Waals surface area contributed by atoms with Gasteiger partial charge in [-0.2, -0.15) is 8.42 Å². The van der Waals surface area contributed by atoms with Gasteiger partial charge < -0.3 is 24.7 Å². The Morgan fingerprint density at radius 3 is 1.47 bits per heavy atom. The molecule has 0 aliphatic carbocycles. The second kappa shape index (κ2) is 19.4. The molecule has 310 valence electrons. The molecule has 58 heavy (non-hydrogen) atoms. The van der Waals surface area contributed by atoms with Crippen molar-refractivity contribution in [1.29, 1.82) is 0 Å². The van der Waals surface area contributed by atoms with Crippen LogP contribution in [0.1, 0.15) is 49.0 Å². The fourth-order valence-electron chi connectivity index (χ4n) is 9.17. The summed E-state index contributed by atoms with van der Waals surface area (Å²) in [4.78, 5) is 16.6. The summed E-state index contributed by atoms with van der Waals surface area (Å²) >= 11 is 0. The normalized spacial score (nSPS) is 26.7. The smallest absolute Gasteiger partial charge is 0.394 e. The van der Waals surface area contributed by atoms with Crippen LogP contribution in [0.25, 0.3) is 21.8 Å². The quantitative estimate of drug-likeness (QED) is 0.0827. The number of fused-ring (bicyclic) bond motifs is 8. The van der Waals surface area contributed by atoms with Crippen LogP contribution in [-0.2, 0) is 10.4 Å². The van der Waals surface area contributed by atoms with Gasteiger partial charge >= 0.3 is 10.4 Å². The van der Waals surface area contributed by atoms with E-state index in [1.54, 1.807) is 26.6 Å². The highest BCUT2D eigenvalue weighted by Gasteiger charge is 2.43. The zero-order valence-electron chi connectivity index (χ0n) is 33.0. The Labute approximate surface area is 340 Å². The average molecular weight is 814 g/mol. The number of nitrogens with zero attached hydrogens (tertiary/aromatic N) is 4. The van der Waals surface area contributed by atoms with Crippen LogP contribution in [0.15, 0.2) is 111 Å². The number of hydrogen-bond donors (Lipinski definition) is 5. The van der Waals surface area contributed by atoms with E-state index in [1.807, 2.05) is 73.1 Å². The maximum atomic E-state index is 11.2. The highest BCUT2D eigenvalue weighted by atomic mass is 32.3. The van der Waals surface area contributed by atoms with E-state index in [1.165, 1.54) is 12.8 Å². The maximum Gasteiger partial charge on any atom is 0.394 e. The summed E-state index contributed by atoms with van der Waals surface area (Å²) in [6.45, 7) is 12.1. The molecular formula is C44H55N5O8S. The molecule has 0 radical (unpaired) electrons. The van der Waals surface area contributed by atoms with Crippen molar-refractivity contribution in [3.8, 4) is 11.5 Å². The van der Waals surface area contributed by atoms with Crippen LogP contribution in [-0.4, -0.2) is 105 Å². The van der Waals surface area contributed by atoms with Crippen molar-refractivity contribution in [2.24, 2.45) is 23.7 Å². The van der Waals surface area contributed by atoms with Crippen LogP contribution in [0, 0.1) is 23.7 Å². The summed E-state index contributed by atoms with van der Waals surface area (Å²) in [7, 11) is -1.34. The predicted molar refractivity (Wildman–Crippen MR) is 225 cm³/mol. The number of pyridine rings is 2. The Morgan fingerprint density at radius 2 is 1.16 bits per heavy atom. The Hall–Kier alpha value is -4.67. The number of rotatable bonds is 8. The molecule has 6 aliphatic heterocycles. The van der Waals surface area contributed by atoms with E-state index in [0.29, 0.717) is 23.7 Å². The second-order valence-electron chi connectivity index (χ2n) is 15.3. The lowest BCUT2D eigenvalue weighted by Crippen LogP contribution is -2.54. The highest BCUT2D eigenvalue weighted by Crippen LogP contribution is 2.43. The van der Waals surface area contributed by atoms with E-state index >= 15 is 0 Å². The molecule has 14 heteroatoms. The van der Waals surface area contributed by atoms with Gasteiger partial charge in [-0.05, 0) is 134 Å². The van der Waals surface area contributed by atoms with Crippen LogP contribution in [0.5, 0.6) is 11.5 Å². The predicted octanol–water partition coefficient (Wildman–Crippen LogP) is 6.71. The summed E-state index contributed by atoms with van der Waals surface area (Å²) in [5.74, 6) is 4.01. The second-order valence-corrected chi connectivity index (χ2v) is 16.2. The van der Waals surface area contributed by atoms with E-state index in [9.17, 15) is 10.2 Å². The van der Waals surface area contributed by atoms with Crippen molar-refractivity contribution in [2.75, 3.05) is 40.4 Å². The Kier molecular flexibility index (Phi) is 14.3. The minimum atomic E-state index is -4.67. The molecule has 3 aromatic heterocycles. The summed E-state index contributed by atoms with van der Waals surface area (Å²) in [5.41, 5.74) is 3.69. The molecule has 2 aromatic carbocycles. The van der Waals surface area contributed by atoms with E-state index in [2.05, 4.69) is 50.1 Å². The molecule has 0 saturated carbocycles. The van der Waals surface area contributed by atoms with Gasteiger partial charge in [-0.15, -0.1) is 13.2 Å². The van der Waals surface area contributed by atoms with Gasteiger partial charge in [0.1, 0.15) is 11.5 Å². The molecule has 2 unspecified atom stereocenters. The number of nitrogens with one attached hydrogen (secondary N) is 1. The molecule has 13 nitrogen and oxygen atoms in total. The molecule has 11 rings (SSSR count). The Morgan fingerprint density at radius 1 is 0.741 bits per heavy atom. The molecular weight excluding hydrogens is 759 g/mol. The number of aliphatic hydroxyl groups excluding tert-OH is 2. The van der Waals surface area contributed by atoms with Crippen molar-refractivity contribution in [3.63, 3.8) is 0 Å². The van der Waals surface area contributed by atoms with Gasteiger partial charge in [-0.3, -0.25) is 28.9 Å². The molecule has 9 heterocycles. The molecule has 0 amide bonds. The monoisotopic (exact) mass is 813 g/mol. The highest BCUT2D eigenvalue weighted by molar-refractivity contribution is 7.79. The van der Waals surface area contributed by atoms with Crippen LogP contribution in [0.3, 0.4) is 0 Å². The summed E-state index contributed by atoms with van der Waals surface area (Å²) in [6, 6.07) is 19.8. The van der Waals surface area contributed by atoms with Gasteiger partial charge in [-0.1, -0.05) is 12.2 Å². The average Bonchev–Trinajstić information content (AvgIpc) is 3.86. The van der Waals surface area contributed by atoms with E-state index in [4.69, 9.17) is 27.0 Å². The summed E-state index contributed by atoms with van der Waals surface area (Å²) < 4.78 is 42.3. The zero-order chi connectivity index (χ0) is 41.4. The van der Waals surface area contributed by atoms with Crippen molar-refractivity contribution < 1.29 is 37.2 Å². The van der Waals surface area contributed by atoms with Gasteiger partial charge in [0.25, 0.3) is 0 Å². The minimum absolute atomic E-state index is 0.178. The fourth-order valence-corrected chi connectivity index (χ4v) is 9.17. The van der Waals surface area contributed by atoms with Gasteiger partial charge in [0.2, 0.25) is 0 Å². The first-order chi connectivity index (χ1) is 27.9. The van der Waals surface area contributed by atoms with Crippen LogP contribution in [0.4, 0.5) is 0 Å². The molecule has 5 N–H and O–H groups in total. The van der Waals surface area contributed by atoms with Crippen LogP contribution in [0.2, 0.25) is 0 Å². The number of benzene rings is 2. The number of aromatic nitrogens is 3. The van der Waals surface area contributed by atoms with Crippen molar-refractivity contribution in [3.05, 3.63) is 122 Å². The molecule has 10 atom stereocenters. The van der Waals surface area contributed by atoms with Gasteiger partial charge in [0.15, 0.2) is 0 Å². The lowest BCUT2D eigenvalue weighted by Gasteiger charge is -2.50. The van der Waals surface area contributed by atoms with E-state index in [0.717, 1.165) is 83.5 Å². The number of methoxy groups -OCH3 is 2. The third-order valence-corrected chi connectivity index (χ3v) is 12.1. The first-order valence-corrected chi connectivity index (χ1v) is 21.0. The molecule has 6 saturated heterocycles. The topological polar surface area (TPSA) is 182 Å². The third-order valence-electron chi connectivity index (χ3n) is 12.1.